The second kappa shape index (κ2) is 5.99. The van der Waals surface area contributed by atoms with Crippen LogP contribution in [0.5, 0.6) is 0 Å². The quantitative estimate of drug-likeness (QED) is 0.758. The normalized spacial score (nSPS) is 13.2. The Morgan fingerprint density at radius 2 is 1.52 bits per heavy atom. The SMILES string of the molecule is Cc1cc(Cl)c(C(Cl)c2ccc(S(C)(=O)=O)cc2)cc1C. The van der Waals surface area contributed by atoms with Crippen molar-refractivity contribution in [3.8, 4) is 0 Å². The van der Waals surface area contributed by atoms with E-state index in [1.807, 2.05) is 26.0 Å². The van der Waals surface area contributed by atoms with Gasteiger partial charge < -0.3 is 0 Å². The molecule has 0 fully saturated rings. The zero-order valence-electron chi connectivity index (χ0n) is 12.0. The molecule has 1 unspecified atom stereocenters. The lowest BCUT2D eigenvalue weighted by atomic mass is 10.00. The maximum atomic E-state index is 11.5. The summed E-state index contributed by atoms with van der Waals surface area (Å²) >= 11 is 12.8. The van der Waals surface area contributed by atoms with E-state index in [2.05, 4.69) is 0 Å². The summed E-state index contributed by atoms with van der Waals surface area (Å²) in [5.41, 5.74) is 3.87. The molecule has 0 aliphatic heterocycles. The molecular formula is C16H16Cl2O2S. The number of hydrogen-bond acceptors (Lipinski definition) is 2. The van der Waals surface area contributed by atoms with Crippen LogP contribution < -0.4 is 0 Å². The van der Waals surface area contributed by atoms with Gasteiger partial charge in [-0.15, -0.1) is 11.6 Å². The number of hydrogen-bond donors (Lipinski definition) is 0. The van der Waals surface area contributed by atoms with Crippen molar-refractivity contribution in [2.45, 2.75) is 24.1 Å². The molecule has 0 heterocycles. The van der Waals surface area contributed by atoms with Crippen molar-refractivity contribution in [3.05, 3.63) is 63.7 Å². The zero-order chi connectivity index (χ0) is 15.8. The third-order valence-corrected chi connectivity index (χ3v) is 5.43. The second-order valence-corrected chi connectivity index (χ2v) is 8.02. The first-order valence-electron chi connectivity index (χ1n) is 6.41. The minimum atomic E-state index is -3.20. The van der Waals surface area contributed by atoms with Gasteiger partial charge in [-0.1, -0.05) is 29.8 Å². The highest BCUT2D eigenvalue weighted by molar-refractivity contribution is 7.90. The Kier molecular flexibility index (Phi) is 4.66. The van der Waals surface area contributed by atoms with E-state index < -0.39 is 15.2 Å². The molecule has 21 heavy (non-hydrogen) atoms. The summed E-state index contributed by atoms with van der Waals surface area (Å²) < 4.78 is 22.9. The number of alkyl halides is 1. The lowest BCUT2D eigenvalue weighted by molar-refractivity contribution is 0.602. The van der Waals surface area contributed by atoms with E-state index in [0.717, 1.165) is 22.3 Å². The summed E-state index contributed by atoms with van der Waals surface area (Å²) in [4.78, 5) is 0.279. The van der Waals surface area contributed by atoms with Gasteiger partial charge in [-0.2, -0.15) is 0 Å². The molecule has 2 aromatic carbocycles. The molecule has 0 saturated carbocycles. The van der Waals surface area contributed by atoms with Gasteiger partial charge in [0.05, 0.1) is 10.3 Å². The van der Waals surface area contributed by atoms with Crippen LogP contribution in [0, 0.1) is 13.8 Å². The molecule has 0 saturated heterocycles. The Bertz CT molecular complexity index is 766. The van der Waals surface area contributed by atoms with Gasteiger partial charge in [0, 0.05) is 11.3 Å². The topological polar surface area (TPSA) is 34.1 Å². The molecule has 2 rings (SSSR count). The van der Waals surface area contributed by atoms with Crippen molar-refractivity contribution >= 4 is 33.0 Å². The van der Waals surface area contributed by atoms with Crippen LogP contribution in [0.25, 0.3) is 0 Å². The minimum absolute atomic E-state index is 0.279. The maximum absolute atomic E-state index is 11.5. The average Bonchev–Trinajstić information content (AvgIpc) is 2.41. The van der Waals surface area contributed by atoms with Gasteiger partial charge in [0.25, 0.3) is 0 Å². The van der Waals surface area contributed by atoms with Crippen LogP contribution in [-0.2, 0) is 9.84 Å². The molecule has 1 atom stereocenters. The van der Waals surface area contributed by atoms with E-state index >= 15 is 0 Å². The van der Waals surface area contributed by atoms with Crippen molar-refractivity contribution < 1.29 is 8.42 Å². The lowest BCUT2D eigenvalue weighted by Crippen LogP contribution is -2.00. The predicted molar refractivity (Wildman–Crippen MR) is 88.2 cm³/mol. The van der Waals surface area contributed by atoms with Crippen molar-refractivity contribution in [1.29, 1.82) is 0 Å². The van der Waals surface area contributed by atoms with Crippen LogP contribution in [0.3, 0.4) is 0 Å². The highest BCUT2D eigenvalue weighted by Crippen LogP contribution is 2.35. The molecule has 2 nitrogen and oxygen atoms in total. The van der Waals surface area contributed by atoms with Crippen LogP contribution in [0.4, 0.5) is 0 Å². The van der Waals surface area contributed by atoms with E-state index in [0.29, 0.717) is 5.02 Å². The summed E-state index contributed by atoms with van der Waals surface area (Å²) in [7, 11) is -3.20. The molecule has 0 aromatic heterocycles. The molecule has 0 aliphatic rings. The zero-order valence-corrected chi connectivity index (χ0v) is 14.4. The molecule has 2 aromatic rings. The van der Waals surface area contributed by atoms with E-state index in [4.69, 9.17) is 23.2 Å². The third kappa shape index (κ3) is 3.60. The molecule has 0 bridgehead atoms. The monoisotopic (exact) mass is 342 g/mol. The van der Waals surface area contributed by atoms with Crippen LogP contribution in [-0.4, -0.2) is 14.7 Å². The molecule has 5 heteroatoms. The molecule has 0 N–H and O–H groups in total. The first-order valence-corrected chi connectivity index (χ1v) is 9.11. The molecule has 0 aliphatic carbocycles. The smallest absolute Gasteiger partial charge is 0.175 e. The van der Waals surface area contributed by atoms with E-state index in [-0.39, 0.29) is 4.90 Å². The Morgan fingerprint density at radius 1 is 1.00 bits per heavy atom. The van der Waals surface area contributed by atoms with Gasteiger partial charge in [0.1, 0.15) is 0 Å². The molecular weight excluding hydrogens is 327 g/mol. The van der Waals surface area contributed by atoms with Gasteiger partial charge in [-0.3, -0.25) is 0 Å². The fraction of sp³-hybridized carbons (Fsp3) is 0.250. The van der Waals surface area contributed by atoms with Crippen molar-refractivity contribution in [3.63, 3.8) is 0 Å². The van der Waals surface area contributed by atoms with Crippen LogP contribution in [0.2, 0.25) is 5.02 Å². The summed E-state index contributed by atoms with van der Waals surface area (Å²) in [5, 5.41) is 0.204. The summed E-state index contributed by atoms with van der Waals surface area (Å²) in [5.74, 6) is 0. The summed E-state index contributed by atoms with van der Waals surface area (Å²) in [6.45, 7) is 4.00. The highest BCUT2D eigenvalue weighted by Gasteiger charge is 2.16. The van der Waals surface area contributed by atoms with Gasteiger partial charge in [0.15, 0.2) is 9.84 Å². The van der Waals surface area contributed by atoms with E-state index in [1.165, 1.54) is 6.26 Å². The molecule has 0 spiro atoms. The lowest BCUT2D eigenvalue weighted by Gasteiger charge is -2.15. The van der Waals surface area contributed by atoms with E-state index in [1.54, 1.807) is 24.3 Å². The molecule has 112 valence electrons. The van der Waals surface area contributed by atoms with Gasteiger partial charge in [-0.05, 0) is 54.3 Å². The Hall–Kier alpha value is -1.03. The number of benzene rings is 2. The Morgan fingerprint density at radius 3 is 2.05 bits per heavy atom. The first-order chi connectivity index (χ1) is 9.70. The third-order valence-electron chi connectivity index (χ3n) is 3.49. The largest absolute Gasteiger partial charge is 0.224 e. The van der Waals surface area contributed by atoms with Crippen LogP contribution in [0.15, 0.2) is 41.3 Å². The summed E-state index contributed by atoms with van der Waals surface area (Å²) in [6, 6.07) is 10.4. The predicted octanol–water partition coefficient (Wildman–Crippen LogP) is 4.69. The number of sulfone groups is 1. The van der Waals surface area contributed by atoms with Crippen molar-refractivity contribution in [2.75, 3.05) is 6.26 Å². The number of aryl methyl sites for hydroxylation is 2. The van der Waals surface area contributed by atoms with Crippen molar-refractivity contribution in [2.24, 2.45) is 0 Å². The molecule has 0 radical (unpaired) electrons. The Balaban J connectivity index is 2.41. The van der Waals surface area contributed by atoms with Gasteiger partial charge in [0.2, 0.25) is 0 Å². The minimum Gasteiger partial charge on any atom is -0.224 e. The van der Waals surface area contributed by atoms with Crippen LogP contribution in [0.1, 0.15) is 27.6 Å². The fourth-order valence-corrected chi connectivity index (χ4v) is 3.40. The van der Waals surface area contributed by atoms with Crippen LogP contribution >= 0.6 is 23.2 Å². The van der Waals surface area contributed by atoms with Gasteiger partial charge in [-0.25, -0.2) is 8.42 Å². The summed E-state index contributed by atoms with van der Waals surface area (Å²) in [6.07, 6.45) is 1.18. The Labute approximate surface area is 135 Å². The fourth-order valence-electron chi connectivity index (χ4n) is 2.06. The average molecular weight is 343 g/mol. The van der Waals surface area contributed by atoms with E-state index in [9.17, 15) is 8.42 Å². The molecule has 0 amide bonds. The maximum Gasteiger partial charge on any atom is 0.175 e. The van der Waals surface area contributed by atoms with Gasteiger partial charge >= 0.3 is 0 Å². The number of rotatable bonds is 3. The standard InChI is InChI=1S/C16H16Cl2O2S/c1-10-8-14(15(17)9-11(10)2)16(18)12-4-6-13(7-5-12)21(3,19)20/h4-9,16H,1-3H3. The van der Waals surface area contributed by atoms with Crippen molar-refractivity contribution in [1.82, 2.24) is 0 Å². The second-order valence-electron chi connectivity index (χ2n) is 5.16. The number of halogens is 2. The first kappa shape index (κ1) is 16.3. The highest BCUT2D eigenvalue weighted by atomic mass is 35.5.